The molecule has 0 fully saturated rings. The Labute approximate surface area is 302 Å². The first-order valence-corrected chi connectivity index (χ1v) is 17.6. The second-order valence-electron chi connectivity index (χ2n) is 13.1. The molecule has 3 nitrogen and oxygen atoms in total. The molecule has 0 unspecified atom stereocenters. The van der Waals surface area contributed by atoms with Gasteiger partial charge in [-0.3, -0.25) is 0 Å². The highest BCUT2D eigenvalue weighted by Crippen LogP contribution is 2.53. The number of aromatic nitrogens is 1. The first-order valence-electron chi connectivity index (χ1n) is 17.6. The molecule has 1 aliphatic rings. The van der Waals surface area contributed by atoms with Crippen LogP contribution in [0, 0.1) is 0 Å². The number of nitrogens with zero attached hydrogens (tertiary/aromatic N) is 2. The highest BCUT2D eigenvalue weighted by atomic mass is 16.4. The minimum Gasteiger partial charge on any atom is -0.435 e. The van der Waals surface area contributed by atoms with Crippen LogP contribution in [0.1, 0.15) is 0 Å². The van der Waals surface area contributed by atoms with Crippen molar-refractivity contribution in [3.63, 3.8) is 0 Å². The minimum atomic E-state index is 0.641. The van der Waals surface area contributed by atoms with Gasteiger partial charge in [0.15, 0.2) is 5.76 Å². The fraction of sp³-hybridized carbons (Fsp3) is 0. The Morgan fingerprint density at radius 2 is 0.942 bits per heavy atom. The lowest BCUT2D eigenvalue weighted by Crippen LogP contribution is -2.12. The molecule has 0 saturated carbocycles. The van der Waals surface area contributed by atoms with Gasteiger partial charge in [-0.05, 0) is 76.3 Å². The average Bonchev–Trinajstić information content (AvgIpc) is 3.79. The van der Waals surface area contributed by atoms with Crippen LogP contribution >= 0.6 is 0 Å². The summed E-state index contributed by atoms with van der Waals surface area (Å²) in [5, 5.41) is 2.30. The lowest BCUT2D eigenvalue weighted by molar-refractivity contribution is 0.590. The van der Waals surface area contributed by atoms with E-state index in [-0.39, 0.29) is 0 Å². The van der Waals surface area contributed by atoms with Crippen molar-refractivity contribution in [3.05, 3.63) is 194 Å². The SMILES string of the molecule is c1ccc(-c2cc(-c3ccccc3)cc(N(c3ccccc3-c3ccccc3)c3ccc4c5c(cccc35)-c3oc(-c5ccccc5)nc3-4)c2)cc1. The van der Waals surface area contributed by atoms with Gasteiger partial charge < -0.3 is 9.32 Å². The van der Waals surface area contributed by atoms with E-state index in [1.165, 1.54) is 11.1 Å². The van der Waals surface area contributed by atoms with Crippen molar-refractivity contribution < 1.29 is 4.42 Å². The zero-order valence-electron chi connectivity index (χ0n) is 28.3. The molecule has 0 N–H and O–H groups in total. The Bertz CT molecular complexity index is 2630. The number of benzene rings is 8. The molecule has 244 valence electrons. The summed E-state index contributed by atoms with van der Waals surface area (Å²) in [4.78, 5) is 7.49. The van der Waals surface area contributed by atoms with Gasteiger partial charge in [0.05, 0.1) is 11.4 Å². The molecule has 0 bridgehead atoms. The van der Waals surface area contributed by atoms with E-state index in [9.17, 15) is 0 Å². The Morgan fingerprint density at radius 1 is 0.385 bits per heavy atom. The van der Waals surface area contributed by atoms with Crippen LogP contribution < -0.4 is 4.90 Å². The first kappa shape index (κ1) is 29.9. The fourth-order valence-corrected chi connectivity index (χ4v) is 7.64. The number of oxazole rings is 1. The van der Waals surface area contributed by atoms with Crippen LogP contribution in [-0.4, -0.2) is 4.98 Å². The van der Waals surface area contributed by atoms with E-state index in [1.807, 2.05) is 30.3 Å². The molecule has 1 heterocycles. The van der Waals surface area contributed by atoms with Gasteiger partial charge in [-0.25, -0.2) is 4.98 Å². The molecule has 0 radical (unpaired) electrons. The van der Waals surface area contributed by atoms with Crippen LogP contribution in [0.15, 0.2) is 199 Å². The smallest absolute Gasteiger partial charge is 0.227 e. The summed E-state index contributed by atoms with van der Waals surface area (Å²) in [6.07, 6.45) is 0. The Kier molecular flexibility index (Phi) is 7.14. The highest BCUT2D eigenvalue weighted by Gasteiger charge is 2.30. The summed E-state index contributed by atoms with van der Waals surface area (Å²) in [6.45, 7) is 0. The lowest BCUT2D eigenvalue weighted by Gasteiger charge is -2.30. The monoisotopic (exact) mass is 664 g/mol. The topological polar surface area (TPSA) is 29.3 Å². The number of para-hydroxylation sites is 1. The number of fused-ring (bicyclic) bond motifs is 3. The average molecular weight is 665 g/mol. The number of hydrogen-bond acceptors (Lipinski definition) is 3. The van der Waals surface area contributed by atoms with Crippen molar-refractivity contribution in [2.45, 2.75) is 0 Å². The van der Waals surface area contributed by atoms with E-state index < -0.39 is 0 Å². The Morgan fingerprint density at radius 3 is 1.60 bits per heavy atom. The normalized spacial score (nSPS) is 11.5. The van der Waals surface area contributed by atoms with Crippen molar-refractivity contribution in [2.24, 2.45) is 0 Å². The van der Waals surface area contributed by atoms with Gasteiger partial charge in [0, 0.05) is 38.7 Å². The molecule has 0 aliphatic heterocycles. The first-order chi connectivity index (χ1) is 25.8. The van der Waals surface area contributed by atoms with Crippen LogP contribution in [0.25, 0.3) is 78.2 Å². The molecule has 0 spiro atoms. The van der Waals surface area contributed by atoms with Crippen LogP contribution in [0.5, 0.6) is 0 Å². The zero-order valence-corrected chi connectivity index (χ0v) is 28.3. The van der Waals surface area contributed by atoms with Crippen LogP contribution in [0.3, 0.4) is 0 Å². The van der Waals surface area contributed by atoms with Crippen LogP contribution in [0.4, 0.5) is 17.1 Å². The molecule has 1 aromatic heterocycles. The quantitative estimate of drug-likeness (QED) is 0.170. The van der Waals surface area contributed by atoms with Gasteiger partial charge in [-0.1, -0.05) is 146 Å². The predicted octanol–water partition coefficient (Wildman–Crippen LogP) is 13.6. The molecule has 0 atom stereocenters. The lowest BCUT2D eigenvalue weighted by atomic mass is 9.95. The molecule has 0 amide bonds. The number of rotatable bonds is 7. The third-order valence-corrected chi connectivity index (χ3v) is 10.0. The number of anilines is 3. The summed E-state index contributed by atoms with van der Waals surface area (Å²) in [5.74, 6) is 1.46. The van der Waals surface area contributed by atoms with Crippen molar-refractivity contribution in [2.75, 3.05) is 4.90 Å². The van der Waals surface area contributed by atoms with Gasteiger partial charge in [0.2, 0.25) is 5.89 Å². The summed E-state index contributed by atoms with van der Waals surface area (Å²) >= 11 is 0. The van der Waals surface area contributed by atoms with Gasteiger partial charge >= 0.3 is 0 Å². The third-order valence-electron chi connectivity index (χ3n) is 10.0. The van der Waals surface area contributed by atoms with E-state index in [0.29, 0.717) is 5.89 Å². The summed E-state index contributed by atoms with van der Waals surface area (Å²) in [7, 11) is 0. The van der Waals surface area contributed by atoms with E-state index in [2.05, 4.69) is 169 Å². The van der Waals surface area contributed by atoms with E-state index in [0.717, 1.165) is 78.2 Å². The minimum absolute atomic E-state index is 0.641. The van der Waals surface area contributed by atoms with E-state index >= 15 is 0 Å². The standard InChI is InChI=1S/C49H32N2O/c1-5-16-33(17-6-1)37-30-38(34-18-7-2-8-19-34)32-39(31-37)51(44-27-14-13-24-40(44)35-20-9-3-10-21-35)45-29-28-42-46-41(45)25-15-26-43(46)48-47(42)50-49(52-48)36-22-11-4-12-23-36/h1-32H. The van der Waals surface area contributed by atoms with E-state index in [1.54, 1.807) is 0 Å². The van der Waals surface area contributed by atoms with Crippen molar-refractivity contribution >= 4 is 27.8 Å². The molecular formula is C49H32N2O. The van der Waals surface area contributed by atoms with Gasteiger partial charge in [-0.2, -0.15) is 0 Å². The predicted molar refractivity (Wildman–Crippen MR) is 215 cm³/mol. The molecule has 9 aromatic rings. The van der Waals surface area contributed by atoms with Crippen molar-refractivity contribution in [3.8, 4) is 67.4 Å². The largest absolute Gasteiger partial charge is 0.435 e. The van der Waals surface area contributed by atoms with E-state index in [4.69, 9.17) is 9.40 Å². The Balaban J connectivity index is 1.24. The molecule has 3 heteroatoms. The van der Waals surface area contributed by atoms with Gasteiger partial charge in [0.25, 0.3) is 0 Å². The maximum Gasteiger partial charge on any atom is 0.227 e. The van der Waals surface area contributed by atoms with Gasteiger partial charge in [0.1, 0.15) is 5.69 Å². The van der Waals surface area contributed by atoms with Gasteiger partial charge in [-0.15, -0.1) is 0 Å². The summed E-state index contributed by atoms with van der Waals surface area (Å²) < 4.78 is 6.54. The maximum atomic E-state index is 6.54. The second-order valence-corrected chi connectivity index (χ2v) is 13.1. The van der Waals surface area contributed by atoms with Crippen molar-refractivity contribution in [1.82, 2.24) is 4.98 Å². The molecule has 52 heavy (non-hydrogen) atoms. The molecule has 0 saturated heterocycles. The zero-order chi connectivity index (χ0) is 34.4. The summed E-state index contributed by atoms with van der Waals surface area (Å²) in [6, 6.07) is 68.8. The van der Waals surface area contributed by atoms with Crippen LogP contribution in [0.2, 0.25) is 0 Å². The molecule has 10 rings (SSSR count). The third kappa shape index (κ3) is 5.02. The molecule has 1 aliphatic carbocycles. The summed E-state index contributed by atoms with van der Waals surface area (Å²) in [5.41, 5.74) is 14.2. The fourth-order valence-electron chi connectivity index (χ4n) is 7.64. The maximum absolute atomic E-state index is 6.54. The molecular weight excluding hydrogens is 633 g/mol. The number of hydrogen-bond donors (Lipinski definition) is 0. The highest BCUT2D eigenvalue weighted by molar-refractivity contribution is 6.18. The Hall–Kier alpha value is -6.97. The second kappa shape index (κ2) is 12.4. The van der Waals surface area contributed by atoms with Crippen molar-refractivity contribution in [1.29, 1.82) is 0 Å². The molecule has 8 aromatic carbocycles. The van der Waals surface area contributed by atoms with Crippen LogP contribution in [-0.2, 0) is 0 Å².